The number of benzene rings is 1. The molecule has 1 aliphatic heterocycles. The molecule has 1 unspecified atom stereocenters. The van der Waals surface area contributed by atoms with E-state index in [1.165, 1.54) is 6.20 Å². The molecule has 23 heavy (non-hydrogen) atoms. The zero-order valence-electron chi connectivity index (χ0n) is 13.0. The quantitative estimate of drug-likeness (QED) is 0.810. The first-order valence-electron chi connectivity index (χ1n) is 7.75. The number of hydrogen-bond donors (Lipinski definition) is 0. The lowest BCUT2D eigenvalue weighted by molar-refractivity contribution is -0.138. The van der Waals surface area contributed by atoms with Crippen molar-refractivity contribution in [2.45, 2.75) is 25.9 Å². The van der Waals surface area contributed by atoms with Gasteiger partial charge in [0, 0.05) is 19.3 Å². The van der Waals surface area contributed by atoms with Crippen molar-refractivity contribution in [3.8, 4) is 5.69 Å². The van der Waals surface area contributed by atoms with E-state index in [9.17, 15) is 9.59 Å². The SMILES string of the molecule is CC(OC(=O)c1cnn(-c2ccccc2)c1)C(=O)N1CCCC1. The molecule has 2 heterocycles. The van der Waals surface area contributed by atoms with E-state index in [-0.39, 0.29) is 5.91 Å². The fraction of sp³-hybridized carbons (Fsp3) is 0.353. The Morgan fingerprint density at radius 3 is 2.57 bits per heavy atom. The van der Waals surface area contributed by atoms with Crippen LogP contribution in [-0.4, -0.2) is 45.8 Å². The third-order valence-corrected chi connectivity index (χ3v) is 3.89. The molecule has 6 nitrogen and oxygen atoms in total. The summed E-state index contributed by atoms with van der Waals surface area (Å²) < 4.78 is 6.88. The van der Waals surface area contributed by atoms with Crippen LogP contribution in [0.1, 0.15) is 30.1 Å². The smallest absolute Gasteiger partial charge is 0.342 e. The van der Waals surface area contributed by atoms with Gasteiger partial charge >= 0.3 is 5.97 Å². The van der Waals surface area contributed by atoms with Crippen molar-refractivity contribution in [1.29, 1.82) is 0 Å². The number of likely N-dealkylation sites (tertiary alicyclic amines) is 1. The Morgan fingerprint density at radius 1 is 1.17 bits per heavy atom. The Hall–Kier alpha value is -2.63. The minimum atomic E-state index is -0.777. The summed E-state index contributed by atoms with van der Waals surface area (Å²) in [6, 6.07) is 9.48. The van der Waals surface area contributed by atoms with E-state index in [0.717, 1.165) is 31.6 Å². The molecule has 0 N–H and O–H groups in total. The second-order valence-electron chi connectivity index (χ2n) is 5.59. The lowest BCUT2D eigenvalue weighted by Crippen LogP contribution is -2.38. The lowest BCUT2D eigenvalue weighted by atomic mass is 10.3. The molecule has 1 aromatic carbocycles. The van der Waals surface area contributed by atoms with Gasteiger partial charge in [0.2, 0.25) is 0 Å². The van der Waals surface area contributed by atoms with Gasteiger partial charge in [0.25, 0.3) is 5.91 Å². The van der Waals surface area contributed by atoms with E-state index in [0.29, 0.717) is 5.56 Å². The van der Waals surface area contributed by atoms with E-state index >= 15 is 0 Å². The third kappa shape index (κ3) is 3.41. The van der Waals surface area contributed by atoms with E-state index in [1.807, 2.05) is 30.3 Å². The Kier molecular flexibility index (Phi) is 4.41. The molecule has 120 valence electrons. The maximum absolute atomic E-state index is 12.2. The standard InChI is InChI=1S/C17H19N3O3/c1-13(16(21)19-9-5-6-10-19)23-17(22)14-11-18-20(12-14)15-7-3-2-4-8-15/h2-4,7-8,11-13H,5-6,9-10H2,1H3. The molecular formula is C17H19N3O3. The first-order chi connectivity index (χ1) is 11.1. The number of hydrogen-bond acceptors (Lipinski definition) is 4. The molecule has 0 spiro atoms. The average Bonchev–Trinajstić information content (AvgIpc) is 3.26. The van der Waals surface area contributed by atoms with Gasteiger partial charge in [-0.1, -0.05) is 18.2 Å². The fourth-order valence-corrected chi connectivity index (χ4v) is 2.62. The normalized spacial score (nSPS) is 15.4. The molecule has 0 saturated carbocycles. The fourth-order valence-electron chi connectivity index (χ4n) is 2.62. The van der Waals surface area contributed by atoms with Crippen LogP contribution in [0.25, 0.3) is 5.69 Å². The van der Waals surface area contributed by atoms with Gasteiger partial charge in [0.05, 0.1) is 17.4 Å². The molecule has 2 aromatic rings. The predicted molar refractivity (Wildman–Crippen MR) is 84.3 cm³/mol. The molecule has 0 radical (unpaired) electrons. The van der Waals surface area contributed by atoms with Gasteiger partial charge in [-0.05, 0) is 31.9 Å². The maximum atomic E-state index is 12.2. The molecule has 1 aromatic heterocycles. The van der Waals surface area contributed by atoms with Crippen LogP contribution in [0.5, 0.6) is 0 Å². The van der Waals surface area contributed by atoms with Gasteiger partial charge in [0.1, 0.15) is 0 Å². The highest BCUT2D eigenvalue weighted by Crippen LogP contribution is 2.13. The van der Waals surface area contributed by atoms with Gasteiger partial charge in [-0.25, -0.2) is 9.48 Å². The molecule has 0 aliphatic carbocycles. The number of carbonyl (C=O) groups is 2. The predicted octanol–water partition coefficient (Wildman–Crippen LogP) is 2.04. The van der Waals surface area contributed by atoms with Crippen molar-refractivity contribution in [2.75, 3.05) is 13.1 Å². The summed E-state index contributed by atoms with van der Waals surface area (Å²) >= 11 is 0. The largest absolute Gasteiger partial charge is 0.449 e. The molecule has 1 atom stereocenters. The van der Waals surface area contributed by atoms with Gasteiger partial charge in [-0.15, -0.1) is 0 Å². The van der Waals surface area contributed by atoms with E-state index in [4.69, 9.17) is 4.74 Å². The van der Waals surface area contributed by atoms with Crippen molar-refractivity contribution in [3.05, 3.63) is 48.3 Å². The number of aromatic nitrogens is 2. The van der Waals surface area contributed by atoms with Crippen molar-refractivity contribution >= 4 is 11.9 Å². The molecule has 1 amide bonds. The van der Waals surface area contributed by atoms with E-state index in [1.54, 1.807) is 22.7 Å². The van der Waals surface area contributed by atoms with Crippen LogP contribution in [-0.2, 0) is 9.53 Å². The number of nitrogens with zero attached hydrogens (tertiary/aromatic N) is 3. The van der Waals surface area contributed by atoms with Gasteiger partial charge in [-0.3, -0.25) is 4.79 Å². The summed E-state index contributed by atoms with van der Waals surface area (Å²) in [5.41, 5.74) is 1.18. The molecule has 6 heteroatoms. The van der Waals surface area contributed by atoms with Crippen molar-refractivity contribution < 1.29 is 14.3 Å². The third-order valence-electron chi connectivity index (χ3n) is 3.89. The molecule has 1 saturated heterocycles. The Balaban J connectivity index is 1.64. The maximum Gasteiger partial charge on any atom is 0.342 e. The van der Waals surface area contributed by atoms with E-state index < -0.39 is 12.1 Å². The molecule has 0 bridgehead atoms. The number of esters is 1. The summed E-state index contributed by atoms with van der Waals surface area (Å²) in [6.07, 6.45) is 4.29. The molecule has 3 rings (SSSR count). The molecule has 1 fully saturated rings. The van der Waals surface area contributed by atoms with Crippen molar-refractivity contribution in [2.24, 2.45) is 0 Å². The van der Waals surface area contributed by atoms with Crippen LogP contribution in [0.4, 0.5) is 0 Å². The van der Waals surface area contributed by atoms with E-state index in [2.05, 4.69) is 5.10 Å². The van der Waals surface area contributed by atoms with Crippen LogP contribution in [0.15, 0.2) is 42.7 Å². The topological polar surface area (TPSA) is 64.4 Å². The van der Waals surface area contributed by atoms with Crippen LogP contribution >= 0.6 is 0 Å². The minimum absolute atomic E-state index is 0.133. The van der Waals surface area contributed by atoms with Crippen LogP contribution in [0, 0.1) is 0 Å². The number of amides is 1. The number of carbonyl (C=O) groups excluding carboxylic acids is 2. The summed E-state index contributed by atoms with van der Waals surface area (Å²) in [4.78, 5) is 26.1. The van der Waals surface area contributed by atoms with Crippen LogP contribution in [0.2, 0.25) is 0 Å². The van der Waals surface area contributed by atoms with Crippen molar-refractivity contribution in [1.82, 2.24) is 14.7 Å². The number of para-hydroxylation sites is 1. The lowest BCUT2D eigenvalue weighted by Gasteiger charge is -2.20. The Bertz CT molecular complexity index is 690. The Morgan fingerprint density at radius 2 is 1.87 bits per heavy atom. The zero-order valence-corrected chi connectivity index (χ0v) is 13.0. The first kappa shape index (κ1) is 15.3. The second-order valence-corrected chi connectivity index (χ2v) is 5.59. The molecular weight excluding hydrogens is 294 g/mol. The molecule has 1 aliphatic rings. The zero-order chi connectivity index (χ0) is 16.2. The Labute approximate surface area is 134 Å². The number of ether oxygens (including phenoxy) is 1. The van der Waals surface area contributed by atoms with Gasteiger partial charge < -0.3 is 9.64 Å². The number of rotatable bonds is 4. The van der Waals surface area contributed by atoms with Crippen LogP contribution < -0.4 is 0 Å². The summed E-state index contributed by atoms with van der Waals surface area (Å²) in [7, 11) is 0. The van der Waals surface area contributed by atoms with Gasteiger partial charge in [-0.2, -0.15) is 5.10 Å². The highest BCUT2D eigenvalue weighted by Gasteiger charge is 2.26. The van der Waals surface area contributed by atoms with Crippen LogP contribution in [0.3, 0.4) is 0 Å². The summed E-state index contributed by atoms with van der Waals surface area (Å²) in [6.45, 7) is 3.10. The average molecular weight is 313 g/mol. The van der Waals surface area contributed by atoms with Crippen molar-refractivity contribution in [3.63, 3.8) is 0 Å². The monoisotopic (exact) mass is 313 g/mol. The second kappa shape index (κ2) is 6.64. The summed E-state index contributed by atoms with van der Waals surface area (Å²) in [5, 5.41) is 4.16. The highest BCUT2D eigenvalue weighted by atomic mass is 16.5. The van der Waals surface area contributed by atoms with Gasteiger partial charge in [0.15, 0.2) is 6.10 Å². The summed E-state index contributed by atoms with van der Waals surface area (Å²) in [5.74, 6) is -0.668. The minimum Gasteiger partial charge on any atom is -0.449 e. The highest BCUT2D eigenvalue weighted by molar-refractivity contribution is 5.91. The first-order valence-corrected chi connectivity index (χ1v) is 7.75.